The molecular formula is C14H15N3O4. The summed E-state index contributed by atoms with van der Waals surface area (Å²) in [5.74, 6) is -2.15. The molecule has 0 unspecified atom stereocenters. The number of aromatic nitrogens is 1. The van der Waals surface area contributed by atoms with E-state index in [1.807, 2.05) is 6.07 Å². The molecule has 2 heterocycles. The van der Waals surface area contributed by atoms with Crippen LogP contribution in [0, 0.1) is 5.92 Å². The van der Waals surface area contributed by atoms with Crippen LogP contribution in [0.3, 0.4) is 0 Å². The van der Waals surface area contributed by atoms with Crippen LogP contribution < -0.4 is 5.32 Å². The number of hydrogen-bond donors (Lipinski definition) is 2. The van der Waals surface area contributed by atoms with Gasteiger partial charge < -0.3 is 15.3 Å². The van der Waals surface area contributed by atoms with Crippen LogP contribution in [0.25, 0.3) is 0 Å². The van der Waals surface area contributed by atoms with Crippen molar-refractivity contribution in [1.82, 2.24) is 15.2 Å². The lowest BCUT2D eigenvalue weighted by Crippen LogP contribution is -2.52. The van der Waals surface area contributed by atoms with Gasteiger partial charge in [0.05, 0.1) is 5.92 Å². The third-order valence-corrected chi connectivity index (χ3v) is 3.11. The Morgan fingerprint density at radius 2 is 2.14 bits per heavy atom. The number of carboxylic acid groups (broad SMARTS) is 1. The van der Waals surface area contributed by atoms with E-state index >= 15 is 0 Å². The number of aliphatic carboxylic acids is 1. The quantitative estimate of drug-likeness (QED) is 0.731. The first-order valence-electron chi connectivity index (χ1n) is 6.43. The van der Waals surface area contributed by atoms with Gasteiger partial charge in [0.2, 0.25) is 11.8 Å². The van der Waals surface area contributed by atoms with Crippen molar-refractivity contribution in [2.24, 2.45) is 5.92 Å². The molecule has 1 saturated heterocycles. The number of likely N-dealkylation sites (tertiary alicyclic amines) is 1. The van der Waals surface area contributed by atoms with E-state index < -0.39 is 11.9 Å². The summed E-state index contributed by atoms with van der Waals surface area (Å²) in [7, 11) is 0. The second kappa shape index (κ2) is 6.65. The van der Waals surface area contributed by atoms with E-state index in [-0.39, 0.29) is 24.9 Å². The Bertz CT molecular complexity index is 565. The summed E-state index contributed by atoms with van der Waals surface area (Å²) in [6.45, 7) is 0.710. The van der Waals surface area contributed by atoms with Crippen LogP contribution in [-0.2, 0) is 20.9 Å². The number of nitrogens with zero attached hydrogens (tertiary/aromatic N) is 2. The number of amides is 2. The molecule has 0 radical (unpaired) electrons. The average Bonchev–Trinajstić information content (AvgIpc) is 2.42. The molecule has 1 fully saturated rings. The molecular weight excluding hydrogens is 274 g/mol. The van der Waals surface area contributed by atoms with Crippen LogP contribution >= 0.6 is 0 Å². The highest BCUT2D eigenvalue weighted by molar-refractivity contribution is 5.97. The molecule has 0 saturated carbocycles. The second-order valence-electron chi connectivity index (χ2n) is 4.69. The van der Waals surface area contributed by atoms with Gasteiger partial charge in [-0.25, -0.2) is 0 Å². The molecule has 1 aliphatic rings. The Morgan fingerprint density at radius 1 is 1.38 bits per heavy atom. The van der Waals surface area contributed by atoms with Gasteiger partial charge in [0, 0.05) is 44.2 Å². The molecule has 21 heavy (non-hydrogen) atoms. The molecule has 1 aromatic heterocycles. The van der Waals surface area contributed by atoms with Crippen LogP contribution in [0.15, 0.2) is 36.7 Å². The van der Waals surface area contributed by atoms with Crippen molar-refractivity contribution < 1.29 is 19.5 Å². The summed E-state index contributed by atoms with van der Waals surface area (Å²) >= 11 is 0. The summed E-state index contributed by atoms with van der Waals surface area (Å²) < 4.78 is 0. The first-order valence-corrected chi connectivity index (χ1v) is 6.43. The lowest BCUT2D eigenvalue weighted by Gasteiger charge is -2.35. The van der Waals surface area contributed by atoms with Crippen molar-refractivity contribution in [2.45, 2.75) is 6.54 Å². The molecule has 0 bridgehead atoms. The Kier molecular flexibility index (Phi) is 4.65. The van der Waals surface area contributed by atoms with Crippen molar-refractivity contribution in [2.75, 3.05) is 13.1 Å². The van der Waals surface area contributed by atoms with Crippen LogP contribution in [0.1, 0.15) is 5.56 Å². The van der Waals surface area contributed by atoms with Crippen molar-refractivity contribution in [1.29, 1.82) is 0 Å². The first-order chi connectivity index (χ1) is 10.1. The largest absolute Gasteiger partial charge is 0.481 e. The first kappa shape index (κ1) is 14.7. The number of carbonyl (C=O) groups excluding carboxylic acids is 2. The van der Waals surface area contributed by atoms with Gasteiger partial charge in [-0.1, -0.05) is 6.07 Å². The maximum absolute atomic E-state index is 11.6. The smallest absolute Gasteiger partial charge is 0.310 e. The van der Waals surface area contributed by atoms with Crippen LogP contribution in [0.5, 0.6) is 0 Å². The molecule has 1 aliphatic heterocycles. The van der Waals surface area contributed by atoms with E-state index in [1.165, 1.54) is 4.90 Å². The molecule has 2 amide bonds. The molecule has 0 aromatic carbocycles. The molecule has 0 spiro atoms. The van der Waals surface area contributed by atoms with Crippen LogP contribution in [0.2, 0.25) is 0 Å². The molecule has 1 aromatic rings. The second-order valence-corrected chi connectivity index (χ2v) is 4.69. The van der Waals surface area contributed by atoms with Crippen molar-refractivity contribution >= 4 is 17.8 Å². The molecule has 7 nitrogen and oxygen atoms in total. The van der Waals surface area contributed by atoms with E-state index in [0.717, 1.165) is 17.7 Å². The minimum atomic E-state index is -0.905. The lowest BCUT2D eigenvalue weighted by atomic mass is 10.0. The van der Waals surface area contributed by atoms with E-state index in [9.17, 15) is 14.4 Å². The Balaban J connectivity index is 1.72. The maximum Gasteiger partial charge on any atom is 0.310 e. The maximum atomic E-state index is 11.6. The summed E-state index contributed by atoms with van der Waals surface area (Å²) in [6, 6.07) is 3.60. The van der Waals surface area contributed by atoms with E-state index in [0.29, 0.717) is 6.54 Å². The van der Waals surface area contributed by atoms with Crippen molar-refractivity contribution in [3.63, 3.8) is 0 Å². The third kappa shape index (κ3) is 4.13. The molecule has 110 valence electrons. The van der Waals surface area contributed by atoms with Gasteiger partial charge in [0.25, 0.3) is 0 Å². The van der Waals surface area contributed by atoms with Crippen molar-refractivity contribution in [3.05, 3.63) is 42.2 Å². The predicted molar refractivity (Wildman–Crippen MR) is 72.9 cm³/mol. The van der Waals surface area contributed by atoms with Crippen LogP contribution in [-0.4, -0.2) is 45.9 Å². The van der Waals surface area contributed by atoms with Gasteiger partial charge in [-0.2, -0.15) is 0 Å². The minimum Gasteiger partial charge on any atom is -0.481 e. The van der Waals surface area contributed by atoms with Gasteiger partial charge in [0.15, 0.2) is 0 Å². The highest BCUT2D eigenvalue weighted by Crippen LogP contribution is 2.15. The fourth-order valence-corrected chi connectivity index (χ4v) is 1.82. The minimum absolute atomic E-state index is 0.190. The van der Waals surface area contributed by atoms with Gasteiger partial charge in [0.1, 0.15) is 0 Å². The van der Waals surface area contributed by atoms with Gasteiger partial charge in [-0.3, -0.25) is 19.4 Å². The molecule has 7 heteroatoms. The molecule has 0 atom stereocenters. The third-order valence-electron chi connectivity index (χ3n) is 3.11. The number of rotatable bonds is 5. The van der Waals surface area contributed by atoms with Crippen LogP contribution in [0.4, 0.5) is 0 Å². The molecule has 0 aliphatic carbocycles. The fourth-order valence-electron chi connectivity index (χ4n) is 1.82. The Hall–Kier alpha value is -2.70. The van der Waals surface area contributed by atoms with E-state index in [1.54, 1.807) is 18.5 Å². The van der Waals surface area contributed by atoms with Gasteiger partial charge in [-0.15, -0.1) is 0 Å². The number of carboxylic acids is 1. The summed E-state index contributed by atoms with van der Waals surface area (Å²) in [5.41, 5.74) is 0.859. The number of pyridine rings is 1. The van der Waals surface area contributed by atoms with E-state index in [4.69, 9.17) is 5.11 Å². The topological polar surface area (TPSA) is 99.6 Å². The zero-order valence-electron chi connectivity index (χ0n) is 11.2. The zero-order chi connectivity index (χ0) is 15.2. The summed E-state index contributed by atoms with van der Waals surface area (Å²) in [4.78, 5) is 39.1. The van der Waals surface area contributed by atoms with Gasteiger partial charge >= 0.3 is 5.97 Å². The summed E-state index contributed by atoms with van der Waals surface area (Å²) in [5, 5.41) is 11.3. The summed E-state index contributed by atoms with van der Waals surface area (Å²) in [6.07, 6.45) is 5.58. The monoisotopic (exact) mass is 289 g/mol. The average molecular weight is 289 g/mol. The lowest BCUT2D eigenvalue weighted by molar-refractivity contribution is -0.151. The van der Waals surface area contributed by atoms with E-state index in [2.05, 4.69) is 10.3 Å². The molecule has 2 N–H and O–H groups in total. The highest BCUT2D eigenvalue weighted by Gasteiger charge is 2.34. The Labute approximate surface area is 121 Å². The number of nitrogens with one attached hydrogen (secondary N) is 1. The highest BCUT2D eigenvalue weighted by atomic mass is 16.4. The zero-order valence-corrected chi connectivity index (χ0v) is 11.2. The van der Waals surface area contributed by atoms with Gasteiger partial charge in [-0.05, 0) is 11.6 Å². The Morgan fingerprint density at radius 3 is 2.76 bits per heavy atom. The number of hydrogen-bond acceptors (Lipinski definition) is 4. The van der Waals surface area contributed by atoms with Crippen molar-refractivity contribution in [3.8, 4) is 0 Å². The predicted octanol–water partition coefficient (Wildman–Crippen LogP) is -0.203. The SMILES string of the molecule is O=C(/C=C/C(=O)N1CC(C(=O)O)C1)NCc1cccnc1. The molecule has 2 rings (SSSR count). The fraction of sp³-hybridized carbons (Fsp3) is 0.286. The number of carbonyl (C=O) groups is 3. The normalized spacial score (nSPS) is 14.8. The standard InChI is InChI=1S/C14H15N3O4/c18-12(16-7-10-2-1-5-15-6-10)3-4-13(19)17-8-11(9-17)14(20)21/h1-6,11H,7-9H2,(H,16,18)(H,20,21)/b4-3+.